The number of nitrogens with one attached hydrogen (secondary N) is 2. The molecule has 0 bridgehead atoms. The van der Waals surface area contributed by atoms with Gasteiger partial charge in [0.15, 0.2) is 0 Å². The molecule has 170 valence electrons. The first-order chi connectivity index (χ1) is 15.7. The summed E-state index contributed by atoms with van der Waals surface area (Å²) in [6.07, 6.45) is 5.66. The lowest BCUT2D eigenvalue weighted by Gasteiger charge is -2.26. The number of anilines is 2. The Balaban J connectivity index is 1.20. The van der Waals surface area contributed by atoms with Gasteiger partial charge in [-0.2, -0.15) is 0 Å². The van der Waals surface area contributed by atoms with Crippen LogP contribution in [0.25, 0.3) is 0 Å². The highest BCUT2D eigenvalue weighted by Crippen LogP contribution is 2.19. The van der Waals surface area contributed by atoms with Crippen molar-refractivity contribution in [2.75, 3.05) is 43.5 Å². The molecule has 0 aromatic heterocycles. The quantitative estimate of drug-likeness (QED) is 0.654. The Bertz CT molecular complexity index is 886. The minimum atomic E-state index is -0.154. The zero-order chi connectivity index (χ0) is 22.2. The molecule has 4 rings (SSSR count). The van der Waals surface area contributed by atoms with Crippen molar-refractivity contribution in [2.24, 2.45) is 0 Å². The molecule has 2 aliphatic rings. The number of benzene rings is 2. The molecule has 2 N–H and O–H groups in total. The standard InChI is InChI=1S/C25H31N3O4/c29-24(17-26-20-10-12-22(13-11-20)32-18-23-5-4-16-31-23)27-21-8-6-19(7-9-21)25(30)28-14-2-1-3-15-28/h6-13,23,26H,1-5,14-18H2,(H,27,29). The minimum absolute atomic E-state index is 0.0624. The molecule has 2 fully saturated rings. The summed E-state index contributed by atoms with van der Waals surface area (Å²) in [4.78, 5) is 26.7. The van der Waals surface area contributed by atoms with Crippen LogP contribution in [0.15, 0.2) is 48.5 Å². The van der Waals surface area contributed by atoms with Gasteiger partial charge in [-0.3, -0.25) is 9.59 Å². The van der Waals surface area contributed by atoms with Crippen LogP contribution in [0, 0.1) is 0 Å². The van der Waals surface area contributed by atoms with E-state index < -0.39 is 0 Å². The van der Waals surface area contributed by atoms with Crippen molar-refractivity contribution in [3.8, 4) is 5.75 Å². The van der Waals surface area contributed by atoms with E-state index >= 15 is 0 Å². The van der Waals surface area contributed by atoms with Crippen LogP contribution in [-0.2, 0) is 9.53 Å². The van der Waals surface area contributed by atoms with Crippen LogP contribution in [0.2, 0.25) is 0 Å². The number of nitrogens with zero attached hydrogens (tertiary/aromatic N) is 1. The predicted molar refractivity (Wildman–Crippen MR) is 124 cm³/mol. The first-order valence-electron chi connectivity index (χ1n) is 11.4. The molecule has 0 spiro atoms. The fourth-order valence-corrected chi connectivity index (χ4v) is 4.00. The monoisotopic (exact) mass is 437 g/mol. The van der Waals surface area contributed by atoms with Gasteiger partial charge in [0.05, 0.1) is 12.6 Å². The average molecular weight is 438 g/mol. The van der Waals surface area contributed by atoms with E-state index in [9.17, 15) is 9.59 Å². The third-order valence-corrected chi connectivity index (χ3v) is 5.83. The number of carbonyl (C=O) groups is 2. The van der Waals surface area contributed by atoms with E-state index in [4.69, 9.17) is 9.47 Å². The molecular weight excluding hydrogens is 406 g/mol. The van der Waals surface area contributed by atoms with Gasteiger partial charge in [0.2, 0.25) is 5.91 Å². The van der Waals surface area contributed by atoms with Crippen LogP contribution in [0.3, 0.4) is 0 Å². The Morgan fingerprint density at radius 2 is 1.66 bits per heavy atom. The van der Waals surface area contributed by atoms with Crippen molar-refractivity contribution in [1.82, 2.24) is 4.90 Å². The molecule has 1 atom stereocenters. The highest BCUT2D eigenvalue weighted by molar-refractivity contribution is 5.96. The minimum Gasteiger partial charge on any atom is -0.491 e. The van der Waals surface area contributed by atoms with Gasteiger partial charge in [0.25, 0.3) is 5.91 Å². The maximum atomic E-state index is 12.5. The number of hydrogen-bond acceptors (Lipinski definition) is 5. The normalized spacial score (nSPS) is 18.2. The van der Waals surface area contributed by atoms with Crippen LogP contribution in [0.4, 0.5) is 11.4 Å². The van der Waals surface area contributed by atoms with Gasteiger partial charge in [-0.25, -0.2) is 0 Å². The molecule has 7 heteroatoms. The summed E-state index contributed by atoms with van der Waals surface area (Å²) in [5.74, 6) is 0.695. The van der Waals surface area contributed by atoms with Crippen LogP contribution in [0.1, 0.15) is 42.5 Å². The lowest BCUT2D eigenvalue weighted by molar-refractivity contribution is -0.114. The summed E-state index contributed by atoms with van der Waals surface area (Å²) in [7, 11) is 0. The maximum absolute atomic E-state index is 12.5. The smallest absolute Gasteiger partial charge is 0.253 e. The number of ether oxygens (including phenoxy) is 2. The predicted octanol–water partition coefficient (Wildman–Crippen LogP) is 3.92. The fourth-order valence-electron chi connectivity index (χ4n) is 4.00. The molecule has 0 saturated carbocycles. The van der Waals surface area contributed by atoms with Gasteiger partial charge in [0, 0.05) is 36.6 Å². The summed E-state index contributed by atoms with van der Waals surface area (Å²) < 4.78 is 11.3. The molecule has 2 aromatic rings. The lowest BCUT2D eigenvalue weighted by atomic mass is 10.1. The Kier molecular flexibility index (Phi) is 7.61. The Morgan fingerprint density at radius 1 is 0.938 bits per heavy atom. The average Bonchev–Trinajstić information content (AvgIpc) is 3.36. The number of amides is 2. The first kappa shape index (κ1) is 22.1. The maximum Gasteiger partial charge on any atom is 0.253 e. The van der Waals surface area contributed by atoms with Crippen molar-refractivity contribution < 1.29 is 19.1 Å². The number of carbonyl (C=O) groups excluding carboxylic acids is 2. The SMILES string of the molecule is O=C(CNc1ccc(OCC2CCCO2)cc1)Nc1ccc(C(=O)N2CCCCC2)cc1. The Labute approximate surface area is 189 Å². The summed E-state index contributed by atoms with van der Waals surface area (Å²) >= 11 is 0. The summed E-state index contributed by atoms with van der Waals surface area (Å²) in [6, 6.07) is 14.6. The number of rotatable bonds is 8. The topological polar surface area (TPSA) is 79.9 Å². The zero-order valence-electron chi connectivity index (χ0n) is 18.3. The second-order valence-corrected chi connectivity index (χ2v) is 8.30. The van der Waals surface area contributed by atoms with Crippen molar-refractivity contribution in [3.63, 3.8) is 0 Å². The zero-order valence-corrected chi connectivity index (χ0v) is 18.3. The van der Waals surface area contributed by atoms with Crippen LogP contribution in [0.5, 0.6) is 5.75 Å². The molecule has 2 aromatic carbocycles. The summed E-state index contributed by atoms with van der Waals surface area (Å²) in [6.45, 7) is 3.18. The van der Waals surface area contributed by atoms with Gasteiger partial charge in [-0.1, -0.05) is 0 Å². The third-order valence-electron chi connectivity index (χ3n) is 5.83. The van der Waals surface area contributed by atoms with Crippen molar-refractivity contribution in [2.45, 2.75) is 38.2 Å². The van der Waals surface area contributed by atoms with E-state index in [0.29, 0.717) is 17.9 Å². The first-order valence-corrected chi connectivity index (χ1v) is 11.4. The van der Waals surface area contributed by atoms with Crippen LogP contribution < -0.4 is 15.4 Å². The lowest BCUT2D eigenvalue weighted by Crippen LogP contribution is -2.35. The molecule has 2 saturated heterocycles. The number of likely N-dealkylation sites (tertiary alicyclic amines) is 1. The number of hydrogen-bond donors (Lipinski definition) is 2. The van der Waals surface area contributed by atoms with E-state index in [2.05, 4.69) is 10.6 Å². The van der Waals surface area contributed by atoms with Crippen molar-refractivity contribution in [1.29, 1.82) is 0 Å². The van der Waals surface area contributed by atoms with E-state index in [-0.39, 0.29) is 24.5 Å². The van der Waals surface area contributed by atoms with E-state index in [1.54, 1.807) is 24.3 Å². The molecule has 2 heterocycles. The molecule has 0 radical (unpaired) electrons. The van der Waals surface area contributed by atoms with Gasteiger partial charge in [0.1, 0.15) is 12.4 Å². The second kappa shape index (κ2) is 11.0. The summed E-state index contributed by atoms with van der Waals surface area (Å²) in [5, 5.41) is 5.96. The van der Waals surface area contributed by atoms with E-state index in [0.717, 1.165) is 56.8 Å². The molecular formula is C25H31N3O4. The highest BCUT2D eigenvalue weighted by Gasteiger charge is 2.18. The molecule has 7 nitrogen and oxygen atoms in total. The summed E-state index contributed by atoms with van der Waals surface area (Å²) in [5.41, 5.74) is 2.17. The van der Waals surface area contributed by atoms with Crippen molar-refractivity contribution in [3.05, 3.63) is 54.1 Å². The van der Waals surface area contributed by atoms with Crippen molar-refractivity contribution >= 4 is 23.2 Å². The fraction of sp³-hybridized carbons (Fsp3) is 0.440. The molecule has 2 aliphatic heterocycles. The Hall–Kier alpha value is -3.06. The second-order valence-electron chi connectivity index (χ2n) is 8.30. The molecule has 2 amide bonds. The number of piperidine rings is 1. The van der Waals surface area contributed by atoms with Gasteiger partial charge in [-0.15, -0.1) is 0 Å². The Morgan fingerprint density at radius 3 is 2.34 bits per heavy atom. The highest BCUT2D eigenvalue weighted by atomic mass is 16.5. The van der Waals surface area contributed by atoms with Crippen LogP contribution in [-0.4, -0.2) is 55.7 Å². The van der Waals surface area contributed by atoms with Gasteiger partial charge >= 0.3 is 0 Å². The molecule has 1 unspecified atom stereocenters. The largest absolute Gasteiger partial charge is 0.491 e. The van der Waals surface area contributed by atoms with Gasteiger partial charge in [-0.05, 0) is 80.6 Å². The molecule has 32 heavy (non-hydrogen) atoms. The third kappa shape index (κ3) is 6.23. The van der Waals surface area contributed by atoms with Gasteiger partial charge < -0.3 is 25.0 Å². The van der Waals surface area contributed by atoms with Crippen LogP contribution >= 0.6 is 0 Å². The van der Waals surface area contributed by atoms with E-state index in [1.165, 1.54) is 6.42 Å². The molecule has 0 aliphatic carbocycles. The van der Waals surface area contributed by atoms with E-state index in [1.807, 2.05) is 29.2 Å².